The number of hydrogen-bond donors (Lipinski definition) is 3. The molecule has 0 saturated carbocycles. The summed E-state index contributed by atoms with van der Waals surface area (Å²) in [5.74, 6) is -2.33. The van der Waals surface area contributed by atoms with Gasteiger partial charge in [-0.05, 0) is 167 Å². The highest BCUT2D eigenvalue weighted by atomic mass is 31.2. The minimum absolute atomic E-state index is 0.0629. The molecule has 5 unspecified atom stereocenters. The third kappa shape index (κ3) is 74.7. The lowest BCUT2D eigenvalue weighted by molar-refractivity contribution is -0.161. The van der Waals surface area contributed by atoms with Crippen molar-refractivity contribution >= 4 is 39.5 Å². The van der Waals surface area contributed by atoms with Gasteiger partial charge in [0.2, 0.25) is 0 Å². The average molecular weight is 1490 g/mol. The summed E-state index contributed by atoms with van der Waals surface area (Å²) >= 11 is 0. The van der Waals surface area contributed by atoms with Gasteiger partial charge in [0.05, 0.1) is 26.4 Å². The lowest BCUT2D eigenvalue weighted by atomic mass is 10.1. The highest BCUT2D eigenvalue weighted by molar-refractivity contribution is 7.47. The molecule has 19 heteroatoms. The number of phosphoric acid groups is 2. The fraction of sp³-hybridized carbons (Fsp3) is 0.624. The van der Waals surface area contributed by atoms with Gasteiger partial charge in [0.25, 0.3) is 0 Å². The molecular formula is C85H138O17P2. The van der Waals surface area contributed by atoms with Crippen molar-refractivity contribution in [2.24, 2.45) is 0 Å². The Kier molecular flexibility index (Phi) is 71.6. The Morgan fingerprint density at radius 2 is 0.510 bits per heavy atom. The zero-order chi connectivity index (χ0) is 76.0. The van der Waals surface area contributed by atoms with Crippen molar-refractivity contribution in [3.8, 4) is 0 Å². The maximum Gasteiger partial charge on any atom is 0.472 e. The van der Waals surface area contributed by atoms with Crippen LogP contribution in [0.2, 0.25) is 0 Å². The zero-order valence-electron chi connectivity index (χ0n) is 64.4. The van der Waals surface area contributed by atoms with Crippen LogP contribution in [-0.4, -0.2) is 96.7 Å². The van der Waals surface area contributed by atoms with Crippen LogP contribution in [0, 0.1) is 0 Å². The monoisotopic (exact) mass is 1490 g/mol. The molecule has 17 nitrogen and oxygen atoms in total. The molecule has 0 saturated heterocycles. The molecule has 0 aliphatic carbocycles. The lowest BCUT2D eigenvalue weighted by Gasteiger charge is -2.21. The predicted molar refractivity (Wildman–Crippen MR) is 426 cm³/mol. The molecule has 0 aromatic rings. The van der Waals surface area contributed by atoms with Crippen LogP contribution in [0.1, 0.15) is 285 Å². The first-order valence-corrected chi connectivity index (χ1v) is 42.4. The summed E-state index contributed by atoms with van der Waals surface area (Å²) in [7, 11) is -10.0. The summed E-state index contributed by atoms with van der Waals surface area (Å²) in [6, 6.07) is 0. The Bertz CT molecular complexity index is 2640. The van der Waals surface area contributed by atoms with Crippen molar-refractivity contribution in [1.82, 2.24) is 0 Å². The van der Waals surface area contributed by atoms with E-state index in [1.807, 2.05) is 12.2 Å². The molecule has 104 heavy (non-hydrogen) atoms. The second-order valence-electron chi connectivity index (χ2n) is 25.5. The third-order valence-electron chi connectivity index (χ3n) is 15.7. The molecule has 0 amide bonds. The maximum absolute atomic E-state index is 13.1. The summed E-state index contributed by atoms with van der Waals surface area (Å²) in [4.78, 5) is 73.0. The van der Waals surface area contributed by atoms with Gasteiger partial charge in [-0.3, -0.25) is 37.3 Å². The normalized spacial score (nSPS) is 14.8. The number of esters is 4. The highest BCUT2D eigenvalue weighted by Gasteiger charge is 2.30. The van der Waals surface area contributed by atoms with Crippen molar-refractivity contribution in [3.63, 3.8) is 0 Å². The van der Waals surface area contributed by atoms with Crippen LogP contribution in [0.15, 0.2) is 170 Å². The molecule has 0 heterocycles. The van der Waals surface area contributed by atoms with E-state index in [-0.39, 0.29) is 25.7 Å². The van der Waals surface area contributed by atoms with E-state index >= 15 is 0 Å². The minimum Gasteiger partial charge on any atom is -0.462 e. The molecule has 0 rings (SSSR count). The summed E-state index contributed by atoms with van der Waals surface area (Å²) < 4.78 is 68.5. The van der Waals surface area contributed by atoms with E-state index in [1.165, 1.54) is 19.3 Å². The Hall–Kier alpha value is -5.58. The van der Waals surface area contributed by atoms with Gasteiger partial charge in [0.15, 0.2) is 12.2 Å². The summed E-state index contributed by atoms with van der Waals surface area (Å²) in [6.07, 6.45) is 89.1. The molecule has 0 spiro atoms. The number of rotatable bonds is 72. The number of carbonyl (C=O) groups excluding carboxylic acids is 4. The van der Waals surface area contributed by atoms with E-state index in [1.54, 1.807) is 0 Å². The van der Waals surface area contributed by atoms with Crippen molar-refractivity contribution in [2.75, 3.05) is 39.6 Å². The molecule has 0 bridgehead atoms. The molecule has 5 atom stereocenters. The number of aliphatic hydroxyl groups is 1. The van der Waals surface area contributed by atoms with Gasteiger partial charge < -0.3 is 33.8 Å². The number of unbranched alkanes of at least 4 members (excludes halogenated alkanes) is 18. The Morgan fingerprint density at radius 1 is 0.279 bits per heavy atom. The van der Waals surface area contributed by atoms with Crippen LogP contribution in [0.25, 0.3) is 0 Å². The molecule has 590 valence electrons. The minimum atomic E-state index is -5.00. The number of hydrogen-bond acceptors (Lipinski definition) is 15. The SMILES string of the molecule is CC/C=C\C/C=C\C/C=C\C/C=C\C/C=C\CCCC(=O)OCC(COP(=O)(O)OCC(O)COP(=O)(O)OCC(COC(=O)CCCC/C=C\C/C=C\C/C=C\C/C=C\CC)OC(=O)CCCCCCC/C=C\C/C=C\CCCCC)OC(=O)CCCCCCCCC/C=C\C/C=C\C/C=C\CC. The number of ether oxygens (including phenoxy) is 4. The molecule has 0 aromatic carbocycles. The fourth-order valence-corrected chi connectivity index (χ4v) is 11.3. The van der Waals surface area contributed by atoms with Gasteiger partial charge in [-0.2, -0.15) is 0 Å². The van der Waals surface area contributed by atoms with E-state index < -0.39 is 97.5 Å². The van der Waals surface area contributed by atoms with E-state index in [0.29, 0.717) is 32.1 Å². The number of aliphatic hydroxyl groups excluding tert-OH is 1. The second kappa shape index (κ2) is 75.6. The van der Waals surface area contributed by atoms with Gasteiger partial charge in [-0.15, -0.1) is 0 Å². The van der Waals surface area contributed by atoms with Gasteiger partial charge in [0, 0.05) is 25.7 Å². The van der Waals surface area contributed by atoms with Crippen LogP contribution in [-0.2, 0) is 65.4 Å². The van der Waals surface area contributed by atoms with E-state index in [4.69, 9.17) is 37.0 Å². The molecule has 0 aromatic heterocycles. The number of phosphoric ester groups is 2. The smallest absolute Gasteiger partial charge is 0.462 e. The Morgan fingerprint density at radius 3 is 0.827 bits per heavy atom. The average Bonchev–Trinajstić information content (AvgIpc) is 0.926. The zero-order valence-corrected chi connectivity index (χ0v) is 66.2. The van der Waals surface area contributed by atoms with Crippen molar-refractivity contribution in [3.05, 3.63) is 170 Å². The quantitative estimate of drug-likeness (QED) is 0.0169. The summed E-state index contributed by atoms with van der Waals surface area (Å²) in [5.41, 5.74) is 0. The van der Waals surface area contributed by atoms with Gasteiger partial charge in [0.1, 0.15) is 19.3 Å². The summed E-state index contributed by atoms with van der Waals surface area (Å²) in [5, 5.41) is 10.6. The maximum atomic E-state index is 13.1. The fourth-order valence-electron chi connectivity index (χ4n) is 9.76. The molecule has 0 aliphatic rings. The van der Waals surface area contributed by atoms with Gasteiger partial charge in [-0.1, -0.05) is 262 Å². The lowest BCUT2D eigenvalue weighted by Crippen LogP contribution is -2.30. The van der Waals surface area contributed by atoms with Crippen molar-refractivity contribution in [2.45, 2.75) is 303 Å². The van der Waals surface area contributed by atoms with E-state index in [0.717, 1.165) is 180 Å². The van der Waals surface area contributed by atoms with Crippen molar-refractivity contribution < 1.29 is 80.2 Å². The highest BCUT2D eigenvalue weighted by Crippen LogP contribution is 2.45. The Balaban J connectivity index is 5.49. The molecular weight excluding hydrogens is 1350 g/mol. The van der Waals surface area contributed by atoms with Gasteiger partial charge in [-0.25, -0.2) is 9.13 Å². The standard InChI is InChI=1S/C85H138O17P2/c1-5-9-13-17-21-25-29-33-37-39-43-46-50-54-58-62-66-70-83(88)96-76-81(102-85(90)72-68-64-60-56-52-48-44-40-38-34-30-26-22-18-14-10-6-2)78-100-104(93,94)98-74-79(86)73-97-103(91,92)99-77-80(101-84(89)71-67-63-59-55-51-47-42-36-32-28-24-20-16-12-8-4)75-95-82(87)69-65-61-57-53-49-45-41-35-31-27-23-19-15-11-7-3/h9-11,13-15,21-28,33-38,41-43,46,49,53-54,58,79-81,86H,5-8,12,16-20,29-32,39-40,44-45,47-48,50-52,55-57,59-78H2,1-4H3,(H,91,92)(H,93,94)/b13-9-,14-10-,15-11-,25-21-,26-22-,27-23-,28-24-,37-33-,38-34-,41-35-,42-36-,46-43-,53-49-,58-54-. The molecule has 0 radical (unpaired) electrons. The molecule has 0 aliphatic heterocycles. The largest absolute Gasteiger partial charge is 0.472 e. The first kappa shape index (κ1) is 98.4. The number of allylic oxidation sites excluding steroid dienone is 28. The van der Waals surface area contributed by atoms with E-state index in [9.17, 15) is 43.2 Å². The van der Waals surface area contributed by atoms with Gasteiger partial charge >= 0.3 is 39.5 Å². The van der Waals surface area contributed by atoms with Crippen LogP contribution < -0.4 is 0 Å². The summed E-state index contributed by atoms with van der Waals surface area (Å²) in [6.45, 7) is 4.35. The molecule has 3 N–H and O–H groups in total. The van der Waals surface area contributed by atoms with Crippen LogP contribution in [0.5, 0.6) is 0 Å². The number of carbonyl (C=O) groups is 4. The van der Waals surface area contributed by atoms with E-state index in [2.05, 4.69) is 186 Å². The van der Waals surface area contributed by atoms with Crippen LogP contribution in [0.4, 0.5) is 0 Å². The predicted octanol–water partition coefficient (Wildman–Crippen LogP) is 23.0. The Labute approximate surface area is 629 Å². The van der Waals surface area contributed by atoms with Crippen LogP contribution in [0.3, 0.4) is 0 Å². The van der Waals surface area contributed by atoms with Crippen molar-refractivity contribution in [1.29, 1.82) is 0 Å². The first-order chi connectivity index (χ1) is 50.7. The molecule has 0 fully saturated rings. The van der Waals surface area contributed by atoms with Crippen LogP contribution >= 0.6 is 15.6 Å². The topological polar surface area (TPSA) is 237 Å². The first-order valence-electron chi connectivity index (χ1n) is 39.4. The second-order valence-corrected chi connectivity index (χ2v) is 28.4. The third-order valence-corrected chi connectivity index (χ3v) is 17.6.